The van der Waals surface area contributed by atoms with Gasteiger partial charge in [-0.05, 0) is 13.3 Å². The Labute approximate surface area is 211 Å². The van der Waals surface area contributed by atoms with Gasteiger partial charge >= 0.3 is 12.4 Å². The van der Waals surface area contributed by atoms with E-state index >= 15 is 0 Å². The van der Waals surface area contributed by atoms with Crippen LogP contribution in [0.25, 0.3) is 0 Å². The van der Waals surface area contributed by atoms with Crippen molar-refractivity contribution >= 4 is 35.5 Å². The van der Waals surface area contributed by atoms with Gasteiger partial charge in [0.2, 0.25) is 11.8 Å². The highest BCUT2D eigenvalue weighted by molar-refractivity contribution is 8.03. The van der Waals surface area contributed by atoms with Gasteiger partial charge in [-0.2, -0.15) is 8.78 Å². The SMILES string of the molecule is C[C@@H](NC(=O)C(F)F)[C@H]1C(=O)N2C(C(=O)O)=C(S[C@@H]3CN[C@H](C(=O)N4CCO[C@H](CN)C4)C3)[C@H](C)[C@@H]12. The number of morpholine rings is 1. The molecule has 0 aromatic carbocycles. The summed E-state index contributed by atoms with van der Waals surface area (Å²) >= 11 is 1.33. The number of hydrogen-bond acceptors (Lipinski definition) is 8. The maximum absolute atomic E-state index is 13.0. The van der Waals surface area contributed by atoms with Crippen molar-refractivity contribution < 1.29 is 37.8 Å². The van der Waals surface area contributed by atoms with E-state index in [2.05, 4.69) is 10.6 Å². The number of alkyl halides is 2. The first kappa shape index (κ1) is 26.8. The van der Waals surface area contributed by atoms with Crippen LogP contribution in [0.1, 0.15) is 20.3 Å². The summed E-state index contributed by atoms with van der Waals surface area (Å²) in [6, 6.07) is -1.84. The molecule has 0 radical (unpaired) electrons. The molecule has 200 valence electrons. The van der Waals surface area contributed by atoms with E-state index in [9.17, 15) is 33.1 Å². The van der Waals surface area contributed by atoms with Gasteiger partial charge in [0.1, 0.15) is 5.70 Å². The summed E-state index contributed by atoms with van der Waals surface area (Å²) < 4.78 is 30.9. The van der Waals surface area contributed by atoms with Crippen LogP contribution in [0.4, 0.5) is 8.78 Å². The Morgan fingerprint density at radius 2 is 2.08 bits per heavy atom. The second kappa shape index (κ2) is 10.6. The molecule has 5 N–H and O–H groups in total. The fourth-order valence-electron chi connectivity index (χ4n) is 5.52. The average molecular weight is 532 g/mol. The fraction of sp³-hybridized carbons (Fsp3) is 0.727. The lowest BCUT2D eigenvalue weighted by molar-refractivity contribution is -0.159. The first-order valence-electron chi connectivity index (χ1n) is 11.9. The van der Waals surface area contributed by atoms with Crippen LogP contribution in [0.15, 0.2) is 10.6 Å². The Bertz CT molecular complexity index is 967. The number of hydrogen-bond donors (Lipinski definition) is 4. The Kier molecular flexibility index (Phi) is 7.88. The third-order valence-corrected chi connectivity index (χ3v) is 8.81. The van der Waals surface area contributed by atoms with Gasteiger partial charge in [-0.25, -0.2) is 4.79 Å². The van der Waals surface area contributed by atoms with Crippen LogP contribution in [0.3, 0.4) is 0 Å². The van der Waals surface area contributed by atoms with Crippen LogP contribution < -0.4 is 16.4 Å². The fourth-order valence-corrected chi connectivity index (χ4v) is 7.00. The lowest BCUT2D eigenvalue weighted by Gasteiger charge is -2.47. The summed E-state index contributed by atoms with van der Waals surface area (Å²) in [7, 11) is 0. The number of fused-ring (bicyclic) bond motifs is 1. The van der Waals surface area contributed by atoms with Crippen molar-refractivity contribution in [1.29, 1.82) is 0 Å². The number of rotatable bonds is 8. The number of amides is 3. The second-order valence-electron chi connectivity index (χ2n) is 9.58. The third-order valence-electron chi connectivity index (χ3n) is 7.29. The van der Waals surface area contributed by atoms with Crippen molar-refractivity contribution in [2.24, 2.45) is 17.6 Å². The van der Waals surface area contributed by atoms with Gasteiger partial charge in [-0.1, -0.05) is 6.92 Å². The molecule has 36 heavy (non-hydrogen) atoms. The Balaban J connectivity index is 1.42. The van der Waals surface area contributed by atoms with Crippen LogP contribution >= 0.6 is 11.8 Å². The molecule has 4 aliphatic heterocycles. The predicted octanol–water partition coefficient (Wildman–Crippen LogP) is -0.821. The summed E-state index contributed by atoms with van der Waals surface area (Å²) in [4.78, 5) is 52.9. The molecule has 3 fully saturated rings. The number of nitrogens with zero attached hydrogens (tertiary/aromatic N) is 2. The zero-order valence-corrected chi connectivity index (χ0v) is 20.8. The van der Waals surface area contributed by atoms with Crippen molar-refractivity contribution in [2.45, 2.75) is 56.2 Å². The molecular formula is C22H31F2N5O6S. The van der Waals surface area contributed by atoms with Crippen LogP contribution in [0, 0.1) is 11.8 Å². The monoisotopic (exact) mass is 531 g/mol. The largest absolute Gasteiger partial charge is 0.477 e. The van der Waals surface area contributed by atoms with E-state index < -0.39 is 48.3 Å². The number of nitrogens with two attached hydrogens (primary N) is 1. The molecule has 0 aliphatic carbocycles. The van der Waals surface area contributed by atoms with Crippen molar-refractivity contribution in [3.63, 3.8) is 0 Å². The quantitative estimate of drug-likeness (QED) is 0.294. The third kappa shape index (κ3) is 4.83. The highest BCUT2D eigenvalue weighted by Crippen LogP contribution is 2.51. The number of carboxylic acid groups (broad SMARTS) is 1. The summed E-state index contributed by atoms with van der Waals surface area (Å²) in [6.45, 7) is 5.41. The van der Waals surface area contributed by atoms with E-state index in [-0.39, 0.29) is 28.9 Å². The van der Waals surface area contributed by atoms with Crippen molar-refractivity contribution in [2.75, 3.05) is 32.8 Å². The molecule has 4 heterocycles. The number of nitrogens with one attached hydrogen (secondary N) is 2. The topological polar surface area (TPSA) is 154 Å². The van der Waals surface area contributed by atoms with Gasteiger partial charge < -0.3 is 36.0 Å². The average Bonchev–Trinajstić information content (AvgIpc) is 3.40. The molecule has 0 aromatic rings. The molecular weight excluding hydrogens is 500 g/mol. The maximum atomic E-state index is 13.0. The Morgan fingerprint density at radius 1 is 1.36 bits per heavy atom. The number of aliphatic carboxylic acids is 1. The zero-order chi connectivity index (χ0) is 26.3. The van der Waals surface area contributed by atoms with Crippen molar-refractivity contribution in [3.8, 4) is 0 Å². The van der Waals surface area contributed by atoms with Gasteiger partial charge in [0.15, 0.2) is 0 Å². The van der Waals surface area contributed by atoms with Crippen molar-refractivity contribution in [3.05, 3.63) is 10.6 Å². The van der Waals surface area contributed by atoms with Crippen LogP contribution in [-0.2, 0) is 23.9 Å². The highest BCUT2D eigenvalue weighted by atomic mass is 32.2. The van der Waals surface area contributed by atoms with Gasteiger partial charge in [-0.15, -0.1) is 11.8 Å². The van der Waals surface area contributed by atoms with Crippen LogP contribution in [0.5, 0.6) is 0 Å². The summed E-state index contributed by atoms with van der Waals surface area (Å²) in [5, 5.41) is 15.2. The first-order chi connectivity index (χ1) is 17.0. The van der Waals surface area contributed by atoms with Crippen molar-refractivity contribution in [1.82, 2.24) is 20.4 Å². The van der Waals surface area contributed by atoms with Gasteiger partial charge in [0.25, 0.3) is 5.91 Å². The summed E-state index contributed by atoms with van der Waals surface area (Å²) in [5.74, 6) is -4.44. The highest BCUT2D eigenvalue weighted by Gasteiger charge is 2.60. The predicted molar refractivity (Wildman–Crippen MR) is 125 cm³/mol. The number of β-lactam (4-membered cyclic amide) rings is 1. The number of ether oxygens (including phenoxy) is 1. The maximum Gasteiger partial charge on any atom is 0.353 e. The minimum Gasteiger partial charge on any atom is -0.477 e. The Morgan fingerprint density at radius 3 is 2.72 bits per heavy atom. The lowest BCUT2D eigenvalue weighted by Crippen LogP contribution is -2.66. The molecule has 0 unspecified atom stereocenters. The minimum atomic E-state index is -3.21. The molecule has 0 aromatic heterocycles. The number of carbonyl (C=O) groups excluding carboxylic acids is 3. The molecule has 4 rings (SSSR count). The van der Waals surface area contributed by atoms with Gasteiger partial charge in [0.05, 0.1) is 30.7 Å². The Hall–Kier alpha value is -2.29. The number of carboxylic acids is 1. The summed E-state index contributed by atoms with van der Waals surface area (Å²) in [6.07, 6.45) is -2.91. The molecule has 0 spiro atoms. The number of carbonyl (C=O) groups is 4. The molecule has 4 aliphatic rings. The zero-order valence-electron chi connectivity index (χ0n) is 20.0. The molecule has 3 amide bonds. The van der Waals surface area contributed by atoms with E-state index in [1.165, 1.54) is 23.6 Å². The van der Waals surface area contributed by atoms with E-state index in [0.29, 0.717) is 44.1 Å². The first-order valence-corrected chi connectivity index (χ1v) is 12.8. The normalized spacial score (nSPS) is 33.0. The number of halogens is 2. The van der Waals surface area contributed by atoms with Gasteiger partial charge in [-0.3, -0.25) is 14.4 Å². The second-order valence-corrected chi connectivity index (χ2v) is 10.9. The number of thioether (sulfide) groups is 1. The summed E-state index contributed by atoms with van der Waals surface area (Å²) in [5.41, 5.74) is 5.56. The van der Waals surface area contributed by atoms with Crippen LogP contribution in [-0.4, -0.2) is 107 Å². The molecule has 0 saturated carbocycles. The minimum absolute atomic E-state index is 0.0468. The standard InChI is InChI=1S/C22H31F2N5O6S/c1-9-15-14(10(2)27-19(30)18(23)24)21(32)29(15)16(22(33)34)17(9)36-12-5-13(26-7-12)20(31)28-3-4-35-11(6-25)8-28/h9-15,18,26H,3-8,25H2,1-2H3,(H,27,30)(H,33,34)/t9-,10-,11-,12+,13+,14-,15+/m1/s1. The van der Waals surface area contributed by atoms with E-state index in [0.717, 1.165) is 0 Å². The molecule has 14 heteroatoms. The smallest absolute Gasteiger partial charge is 0.353 e. The molecule has 11 nitrogen and oxygen atoms in total. The lowest BCUT2D eigenvalue weighted by atomic mass is 9.78. The van der Waals surface area contributed by atoms with E-state index in [1.807, 2.05) is 0 Å². The molecule has 7 atom stereocenters. The molecule has 0 bridgehead atoms. The van der Waals surface area contributed by atoms with E-state index in [4.69, 9.17) is 10.5 Å². The van der Waals surface area contributed by atoms with Crippen LogP contribution in [0.2, 0.25) is 0 Å². The van der Waals surface area contributed by atoms with Gasteiger partial charge in [0, 0.05) is 48.3 Å². The van der Waals surface area contributed by atoms with E-state index in [1.54, 1.807) is 11.8 Å². The molecule has 3 saturated heterocycles.